The highest BCUT2D eigenvalue weighted by Gasteiger charge is 2.35. The highest BCUT2D eigenvalue weighted by Crippen LogP contribution is 2.22. The van der Waals surface area contributed by atoms with E-state index in [1.54, 1.807) is 22.9 Å². The third-order valence-corrected chi connectivity index (χ3v) is 4.61. The number of unbranched alkanes of at least 4 members (excludes halogenated alkanes) is 1. The van der Waals surface area contributed by atoms with Crippen LogP contribution in [0.25, 0.3) is 0 Å². The number of hydrogen-bond acceptors (Lipinski definition) is 2. The first-order valence-corrected chi connectivity index (χ1v) is 8.30. The van der Waals surface area contributed by atoms with Crippen molar-refractivity contribution in [3.05, 3.63) is 34.6 Å². The van der Waals surface area contributed by atoms with Gasteiger partial charge in [0.05, 0.1) is 6.42 Å². The Morgan fingerprint density at radius 3 is 2.78 bits per heavy atom. The minimum absolute atomic E-state index is 0.0438. The smallest absolute Gasteiger partial charge is 0.245 e. The summed E-state index contributed by atoms with van der Waals surface area (Å²) in [5, 5.41) is 0.240. The molecule has 0 bridgehead atoms. The number of halogens is 2. The molecule has 0 aliphatic carbocycles. The van der Waals surface area contributed by atoms with Gasteiger partial charge in [-0.15, -0.1) is 0 Å². The van der Waals surface area contributed by atoms with Crippen LogP contribution in [-0.2, 0) is 16.0 Å². The molecule has 0 radical (unpaired) electrons. The third kappa shape index (κ3) is 4.02. The summed E-state index contributed by atoms with van der Waals surface area (Å²) in [4.78, 5) is 28.2. The number of nitrogens with zero attached hydrogens (tertiary/aromatic N) is 2. The van der Waals surface area contributed by atoms with Crippen LogP contribution in [0.15, 0.2) is 18.2 Å². The Morgan fingerprint density at radius 1 is 1.39 bits per heavy atom. The molecule has 1 aromatic carbocycles. The highest BCUT2D eigenvalue weighted by molar-refractivity contribution is 6.31. The fourth-order valence-corrected chi connectivity index (χ4v) is 3.07. The molecule has 1 aliphatic rings. The Bertz CT molecular complexity index is 574. The van der Waals surface area contributed by atoms with Crippen molar-refractivity contribution in [2.75, 3.05) is 20.1 Å². The van der Waals surface area contributed by atoms with Gasteiger partial charge in [-0.2, -0.15) is 0 Å². The second-order valence-electron chi connectivity index (χ2n) is 5.88. The van der Waals surface area contributed by atoms with Gasteiger partial charge >= 0.3 is 0 Å². The predicted molar refractivity (Wildman–Crippen MR) is 87.8 cm³/mol. The molecule has 126 valence electrons. The van der Waals surface area contributed by atoms with Crippen molar-refractivity contribution in [3.8, 4) is 0 Å². The second-order valence-corrected chi connectivity index (χ2v) is 6.29. The lowest BCUT2D eigenvalue weighted by Gasteiger charge is -2.39. The first-order chi connectivity index (χ1) is 11.0. The summed E-state index contributed by atoms with van der Waals surface area (Å²) in [5.41, 5.74) is 0.194. The molecule has 1 aromatic rings. The van der Waals surface area contributed by atoms with Gasteiger partial charge in [-0.05, 0) is 18.6 Å². The summed E-state index contributed by atoms with van der Waals surface area (Å²) >= 11 is 6.00. The number of piperazine rings is 1. The maximum atomic E-state index is 13.9. The van der Waals surface area contributed by atoms with Crippen molar-refractivity contribution < 1.29 is 14.0 Å². The van der Waals surface area contributed by atoms with Crippen molar-refractivity contribution in [3.63, 3.8) is 0 Å². The van der Waals surface area contributed by atoms with E-state index in [4.69, 9.17) is 11.6 Å². The van der Waals surface area contributed by atoms with Crippen LogP contribution >= 0.6 is 11.6 Å². The first kappa shape index (κ1) is 17.7. The highest BCUT2D eigenvalue weighted by atomic mass is 35.5. The van der Waals surface area contributed by atoms with E-state index in [1.165, 1.54) is 12.1 Å². The summed E-state index contributed by atoms with van der Waals surface area (Å²) in [6, 6.07) is 3.91. The lowest BCUT2D eigenvalue weighted by molar-refractivity contribution is -0.150. The van der Waals surface area contributed by atoms with Gasteiger partial charge < -0.3 is 9.80 Å². The molecule has 4 nitrogen and oxygen atoms in total. The Morgan fingerprint density at radius 2 is 2.13 bits per heavy atom. The molecule has 1 heterocycles. The second kappa shape index (κ2) is 7.77. The molecular weight excluding hydrogens is 319 g/mol. The van der Waals surface area contributed by atoms with Gasteiger partial charge in [0.1, 0.15) is 11.9 Å². The summed E-state index contributed by atoms with van der Waals surface area (Å²) in [6.45, 7) is 3.02. The maximum Gasteiger partial charge on any atom is 0.245 e. The van der Waals surface area contributed by atoms with E-state index in [0.29, 0.717) is 19.5 Å². The molecule has 0 aromatic heterocycles. The fraction of sp³-hybridized carbons (Fsp3) is 0.529. The van der Waals surface area contributed by atoms with E-state index < -0.39 is 11.9 Å². The number of benzene rings is 1. The Labute approximate surface area is 141 Å². The van der Waals surface area contributed by atoms with Crippen LogP contribution in [0.3, 0.4) is 0 Å². The summed E-state index contributed by atoms with van der Waals surface area (Å²) in [5.74, 6) is -0.784. The van der Waals surface area contributed by atoms with Gasteiger partial charge in [-0.1, -0.05) is 37.4 Å². The van der Waals surface area contributed by atoms with Gasteiger partial charge in [0.15, 0.2) is 0 Å². The minimum Gasteiger partial charge on any atom is -0.342 e. The summed E-state index contributed by atoms with van der Waals surface area (Å²) in [7, 11) is 1.75. The van der Waals surface area contributed by atoms with Gasteiger partial charge in [0.25, 0.3) is 0 Å². The molecule has 23 heavy (non-hydrogen) atoms. The lowest BCUT2D eigenvalue weighted by Crippen LogP contribution is -2.57. The van der Waals surface area contributed by atoms with Gasteiger partial charge in [0.2, 0.25) is 11.8 Å². The van der Waals surface area contributed by atoms with E-state index in [2.05, 4.69) is 0 Å². The molecule has 2 amide bonds. The Hall–Kier alpha value is -1.62. The molecule has 0 spiro atoms. The molecule has 1 saturated heterocycles. The van der Waals surface area contributed by atoms with Crippen LogP contribution in [0.4, 0.5) is 4.39 Å². The third-order valence-electron chi connectivity index (χ3n) is 4.25. The standard InChI is InChI=1S/C17H22ClFN2O2/c1-3-4-8-15-17(23)20(2)9-10-21(15)16(22)11-12-13(18)6-5-7-14(12)19/h5-7,15H,3-4,8-11H2,1-2H3. The van der Waals surface area contributed by atoms with Gasteiger partial charge in [0, 0.05) is 30.7 Å². The van der Waals surface area contributed by atoms with Crippen LogP contribution in [-0.4, -0.2) is 47.8 Å². The normalized spacial score (nSPS) is 18.4. The molecule has 1 atom stereocenters. The zero-order valence-electron chi connectivity index (χ0n) is 13.5. The van der Waals surface area contributed by atoms with Crippen molar-refractivity contribution >= 4 is 23.4 Å². The predicted octanol–water partition coefficient (Wildman–Crippen LogP) is 2.88. The summed E-state index contributed by atoms with van der Waals surface area (Å²) < 4.78 is 13.9. The van der Waals surface area contributed by atoms with Crippen LogP contribution < -0.4 is 0 Å². The molecule has 0 N–H and O–H groups in total. The van der Waals surface area contributed by atoms with Crippen LogP contribution in [0.1, 0.15) is 31.7 Å². The molecule has 1 fully saturated rings. The topological polar surface area (TPSA) is 40.6 Å². The maximum absolute atomic E-state index is 13.9. The Balaban J connectivity index is 2.17. The number of rotatable bonds is 5. The quantitative estimate of drug-likeness (QED) is 0.827. The van der Waals surface area contributed by atoms with E-state index in [0.717, 1.165) is 12.8 Å². The number of carbonyl (C=O) groups is 2. The van der Waals surface area contributed by atoms with Crippen molar-refractivity contribution in [2.24, 2.45) is 0 Å². The lowest BCUT2D eigenvalue weighted by atomic mass is 10.0. The average molecular weight is 341 g/mol. The van der Waals surface area contributed by atoms with Crippen LogP contribution in [0.2, 0.25) is 5.02 Å². The summed E-state index contributed by atoms with van der Waals surface area (Å²) in [6.07, 6.45) is 2.34. The fourth-order valence-electron chi connectivity index (χ4n) is 2.84. The Kier molecular flexibility index (Phi) is 5.99. The number of likely N-dealkylation sites (N-methyl/N-ethyl adjacent to an activating group) is 1. The SMILES string of the molecule is CCCCC1C(=O)N(C)CCN1C(=O)Cc1c(F)cccc1Cl. The first-order valence-electron chi connectivity index (χ1n) is 7.93. The average Bonchev–Trinajstić information content (AvgIpc) is 2.52. The van der Waals surface area contributed by atoms with E-state index >= 15 is 0 Å². The van der Waals surface area contributed by atoms with E-state index in [9.17, 15) is 14.0 Å². The molecule has 6 heteroatoms. The molecule has 2 rings (SSSR count). The molecular formula is C17H22ClFN2O2. The van der Waals surface area contributed by atoms with Gasteiger partial charge in [-0.3, -0.25) is 9.59 Å². The van der Waals surface area contributed by atoms with Crippen molar-refractivity contribution in [1.29, 1.82) is 0 Å². The van der Waals surface area contributed by atoms with Crippen molar-refractivity contribution in [2.45, 2.75) is 38.6 Å². The molecule has 1 aliphatic heterocycles. The van der Waals surface area contributed by atoms with E-state index in [1.807, 2.05) is 6.92 Å². The number of amides is 2. The van der Waals surface area contributed by atoms with Crippen molar-refractivity contribution in [1.82, 2.24) is 9.80 Å². The van der Waals surface area contributed by atoms with Crippen LogP contribution in [0.5, 0.6) is 0 Å². The number of hydrogen-bond donors (Lipinski definition) is 0. The monoisotopic (exact) mass is 340 g/mol. The largest absolute Gasteiger partial charge is 0.342 e. The number of carbonyl (C=O) groups excluding carboxylic acids is 2. The molecule has 0 saturated carbocycles. The molecule has 1 unspecified atom stereocenters. The zero-order chi connectivity index (χ0) is 17.0. The zero-order valence-corrected chi connectivity index (χ0v) is 14.3. The van der Waals surface area contributed by atoms with Crippen LogP contribution in [0, 0.1) is 5.82 Å². The van der Waals surface area contributed by atoms with Gasteiger partial charge in [-0.25, -0.2) is 4.39 Å². The minimum atomic E-state index is -0.489. The van der Waals surface area contributed by atoms with E-state index in [-0.39, 0.29) is 28.8 Å².